The molecule has 0 fully saturated rings. The number of carboxylic acids is 1. The van der Waals surface area contributed by atoms with E-state index in [-0.39, 0.29) is 19.3 Å². The number of aromatic nitrogens is 1. The first-order valence-electron chi connectivity index (χ1n) is 8.59. The molecule has 1 N–H and O–H groups in total. The average molecular weight is 365 g/mol. The predicted molar refractivity (Wildman–Crippen MR) is 94.0 cm³/mol. The number of fused-ring (bicyclic) bond motifs is 1. The van der Waals surface area contributed by atoms with Crippen LogP contribution in [0.3, 0.4) is 0 Å². The Morgan fingerprint density at radius 1 is 1.00 bits per heavy atom. The average Bonchev–Trinajstić information content (AvgIpc) is 2.90. The maximum atomic E-state index is 12.2. The van der Waals surface area contributed by atoms with E-state index in [9.17, 15) is 19.5 Å². The minimum Gasteiger partial charge on any atom is -0.481 e. The van der Waals surface area contributed by atoms with Crippen LogP contribution in [0.15, 0.2) is 12.4 Å². The van der Waals surface area contributed by atoms with Crippen molar-refractivity contribution in [3.05, 3.63) is 23.5 Å². The molecule has 0 spiro atoms. The molecule has 0 aromatic carbocycles. The van der Waals surface area contributed by atoms with Crippen LogP contribution in [0.5, 0.6) is 0 Å². The Hall–Kier alpha value is -2.31. The summed E-state index contributed by atoms with van der Waals surface area (Å²) in [6, 6.07) is 0. The first kappa shape index (κ1) is 20.0. The molecule has 0 radical (unpaired) electrons. The monoisotopic (exact) mass is 365 g/mol. The molecule has 7 nitrogen and oxygen atoms in total. The van der Waals surface area contributed by atoms with Gasteiger partial charge in [-0.2, -0.15) is 0 Å². The van der Waals surface area contributed by atoms with Crippen LogP contribution >= 0.6 is 0 Å². The van der Waals surface area contributed by atoms with E-state index in [0.29, 0.717) is 0 Å². The SMILES string of the molecule is CC(C)(C)OC(=O)CC1(C(=O)O)Cc2cn(C(=O)OC(C)(C)C)cc2C1. The molecule has 0 unspecified atom stereocenters. The molecular weight excluding hydrogens is 338 g/mol. The normalized spacial score (nSPS) is 16.1. The van der Waals surface area contributed by atoms with Gasteiger partial charge in [0.2, 0.25) is 0 Å². The summed E-state index contributed by atoms with van der Waals surface area (Å²) in [5, 5.41) is 9.73. The van der Waals surface area contributed by atoms with Gasteiger partial charge < -0.3 is 14.6 Å². The molecule has 1 aromatic heterocycles. The van der Waals surface area contributed by atoms with Gasteiger partial charge in [-0.25, -0.2) is 4.79 Å². The topological polar surface area (TPSA) is 94.8 Å². The van der Waals surface area contributed by atoms with Gasteiger partial charge in [0.25, 0.3) is 0 Å². The third kappa shape index (κ3) is 4.65. The van der Waals surface area contributed by atoms with Gasteiger partial charge in [0.05, 0.1) is 11.8 Å². The van der Waals surface area contributed by atoms with Crippen molar-refractivity contribution < 1.29 is 29.0 Å². The third-order valence-electron chi connectivity index (χ3n) is 4.02. The van der Waals surface area contributed by atoms with E-state index >= 15 is 0 Å². The van der Waals surface area contributed by atoms with Gasteiger partial charge in [-0.1, -0.05) is 0 Å². The lowest BCUT2D eigenvalue weighted by Crippen LogP contribution is -2.37. The van der Waals surface area contributed by atoms with Crippen molar-refractivity contribution >= 4 is 18.0 Å². The number of hydrogen-bond donors (Lipinski definition) is 1. The molecule has 26 heavy (non-hydrogen) atoms. The quantitative estimate of drug-likeness (QED) is 0.827. The molecule has 0 amide bonds. The van der Waals surface area contributed by atoms with Crippen molar-refractivity contribution in [3.8, 4) is 0 Å². The summed E-state index contributed by atoms with van der Waals surface area (Å²) in [4.78, 5) is 36.2. The minimum absolute atomic E-state index is 0.173. The molecule has 0 saturated heterocycles. The summed E-state index contributed by atoms with van der Waals surface area (Å²) in [5.74, 6) is -1.58. The van der Waals surface area contributed by atoms with E-state index in [4.69, 9.17) is 9.47 Å². The third-order valence-corrected chi connectivity index (χ3v) is 4.02. The number of ether oxygens (including phenoxy) is 2. The molecular formula is C19H27NO6. The largest absolute Gasteiger partial charge is 0.481 e. The van der Waals surface area contributed by atoms with Crippen molar-refractivity contribution in [1.82, 2.24) is 4.57 Å². The molecule has 1 aromatic rings. The molecule has 1 aliphatic rings. The molecule has 144 valence electrons. The molecule has 7 heteroatoms. The highest BCUT2D eigenvalue weighted by Crippen LogP contribution is 2.41. The summed E-state index contributed by atoms with van der Waals surface area (Å²) in [7, 11) is 0. The first-order chi connectivity index (χ1) is 11.7. The number of esters is 1. The van der Waals surface area contributed by atoms with Crippen molar-refractivity contribution in [3.63, 3.8) is 0 Å². The van der Waals surface area contributed by atoms with Crippen LogP contribution in [0.4, 0.5) is 4.79 Å². The van der Waals surface area contributed by atoms with E-state index in [1.165, 1.54) is 4.57 Å². The Bertz CT molecular complexity index is 709. The van der Waals surface area contributed by atoms with Gasteiger partial charge in [0.1, 0.15) is 11.2 Å². The fraction of sp³-hybridized carbons (Fsp3) is 0.632. The lowest BCUT2D eigenvalue weighted by Gasteiger charge is -2.26. The van der Waals surface area contributed by atoms with Crippen molar-refractivity contribution in [1.29, 1.82) is 0 Å². The van der Waals surface area contributed by atoms with Gasteiger partial charge in [-0.15, -0.1) is 0 Å². The van der Waals surface area contributed by atoms with Crippen molar-refractivity contribution in [2.24, 2.45) is 5.41 Å². The van der Waals surface area contributed by atoms with Crippen molar-refractivity contribution in [2.45, 2.75) is 72.0 Å². The van der Waals surface area contributed by atoms with Crippen molar-refractivity contribution in [2.75, 3.05) is 0 Å². The lowest BCUT2D eigenvalue weighted by atomic mass is 9.81. The van der Waals surface area contributed by atoms with Crippen LogP contribution in [0.25, 0.3) is 0 Å². The summed E-state index contributed by atoms with van der Waals surface area (Å²) in [6.07, 6.45) is 2.80. The molecule has 0 aliphatic heterocycles. The number of carboxylic acid groups (broad SMARTS) is 1. The molecule has 0 saturated carbocycles. The summed E-state index contributed by atoms with van der Waals surface area (Å²) in [6.45, 7) is 10.6. The van der Waals surface area contributed by atoms with E-state index in [0.717, 1.165) is 11.1 Å². The molecule has 0 atom stereocenters. The number of aliphatic carboxylic acids is 1. The summed E-state index contributed by atoms with van der Waals surface area (Å²) in [5.41, 5.74) is -1.05. The van der Waals surface area contributed by atoms with Gasteiger partial charge in [-0.3, -0.25) is 14.2 Å². The van der Waals surface area contributed by atoms with Crippen LogP contribution in [-0.2, 0) is 31.9 Å². The van der Waals surface area contributed by atoms with Crippen LogP contribution < -0.4 is 0 Å². The minimum atomic E-state index is -1.24. The van der Waals surface area contributed by atoms with Crippen LogP contribution in [0.2, 0.25) is 0 Å². The predicted octanol–water partition coefficient (Wildman–Crippen LogP) is 3.17. The summed E-state index contributed by atoms with van der Waals surface area (Å²) >= 11 is 0. The number of carbonyl (C=O) groups excluding carboxylic acids is 2. The van der Waals surface area contributed by atoms with Gasteiger partial charge in [0, 0.05) is 12.4 Å². The highest BCUT2D eigenvalue weighted by molar-refractivity contribution is 5.84. The Balaban J connectivity index is 2.16. The molecule has 2 rings (SSSR count). The second kappa shape index (κ2) is 6.45. The van der Waals surface area contributed by atoms with Gasteiger partial charge >= 0.3 is 18.0 Å². The number of rotatable bonds is 3. The second-order valence-electron chi connectivity index (χ2n) is 8.90. The first-order valence-corrected chi connectivity index (χ1v) is 8.59. The van der Waals surface area contributed by atoms with E-state index in [1.807, 2.05) is 0 Å². The van der Waals surface area contributed by atoms with Crippen LogP contribution in [0.1, 0.15) is 59.1 Å². The van der Waals surface area contributed by atoms with E-state index in [2.05, 4.69) is 0 Å². The Morgan fingerprint density at radius 3 is 1.85 bits per heavy atom. The second-order valence-corrected chi connectivity index (χ2v) is 8.90. The molecule has 0 bridgehead atoms. The zero-order valence-electron chi connectivity index (χ0n) is 16.2. The van der Waals surface area contributed by atoms with Crippen LogP contribution in [-0.4, -0.2) is 38.9 Å². The number of hydrogen-bond acceptors (Lipinski definition) is 5. The maximum Gasteiger partial charge on any atom is 0.418 e. The van der Waals surface area contributed by atoms with E-state index in [1.54, 1.807) is 53.9 Å². The Morgan fingerprint density at radius 2 is 1.46 bits per heavy atom. The van der Waals surface area contributed by atoms with E-state index < -0.39 is 34.6 Å². The smallest absolute Gasteiger partial charge is 0.418 e. The summed E-state index contributed by atoms with van der Waals surface area (Å²) < 4.78 is 11.9. The standard InChI is InChI=1S/C19H27NO6/c1-17(2,3)25-14(21)9-19(15(22)23)7-12-10-20(11-13(12)8-19)16(24)26-18(4,5)6/h10-11H,7-9H2,1-6H3,(H,22,23). The fourth-order valence-corrected chi connectivity index (χ4v) is 3.07. The maximum absolute atomic E-state index is 12.2. The van der Waals surface area contributed by atoms with Gasteiger partial charge in [0.15, 0.2) is 0 Å². The zero-order valence-corrected chi connectivity index (χ0v) is 16.2. The highest BCUT2D eigenvalue weighted by atomic mass is 16.6. The zero-order chi connectivity index (χ0) is 19.9. The highest BCUT2D eigenvalue weighted by Gasteiger charge is 2.47. The Labute approximate surface area is 153 Å². The Kier molecular flexibility index (Phi) is 4.96. The number of carbonyl (C=O) groups is 3. The van der Waals surface area contributed by atoms with Crippen LogP contribution in [0, 0.1) is 5.41 Å². The van der Waals surface area contributed by atoms with Gasteiger partial charge in [-0.05, 0) is 65.5 Å². The molecule has 1 heterocycles. The number of nitrogens with zero attached hydrogens (tertiary/aromatic N) is 1. The lowest BCUT2D eigenvalue weighted by molar-refractivity contribution is -0.164. The molecule has 1 aliphatic carbocycles. The fourth-order valence-electron chi connectivity index (χ4n) is 3.07.